The van der Waals surface area contributed by atoms with Gasteiger partial charge in [-0.25, -0.2) is 8.78 Å². The summed E-state index contributed by atoms with van der Waals surface area (Å²) in [5.74, 6) is -2.41. The van der Waals surface area contributed by atoms with Crippen LogP contribution in [0.1, 0.15) is 25.8 Å². The average Bonchev–Trinajstić information content (AvgIpc) is 2.85. The maximum Gasteiger partial charge on any atom is 0.262 e. The number of nitrogens with one attached hydrogen (secondary N) is 2. The highest BCUT2D eigenvalue weighted by Crippen LogP contribution is 2.26. The molecule has 122 valence electrons. The summed E-state index contributed by atoms with van der Waals surface area (Å²) in [6, 6.07) is 6.78. The van der Waals surface area contributed by atoms with Crippen molar-refractivity contribution >= 4 is 5.91 Å². The molecule has 0 radical (unpaired) electrons. The first-order chi connectivity index (χ1) is 10.2. The van der Waals surface area contributed by atoms with Gasteiger partial charge in [0.2, 0.25) is 5.91 Å². The summed E-state index contributed by atoms with van der Waals surface area (Å²) in [5.41, 5.74) is 0.738. The number of methoxy groups -OCH3 is 1. The van der Waals surface area contributed by atoms with E-state index in [1.165, 1.54) is 0 Å². The predicted octanol–water partition coefficient (Wildman–Crippen LogP) is 2.09. The fourth-order valence-electron chi connectivity index (χ4n) is 2.48. The minimum atomic E-state index is -2.80. The third kappa shape index (κ3) is 3.94. The normalized spacial score (nSPS) is 20.7. The molecule has 0 aromatic heterocycles. The Morgan fingerprint density at radius 1 is 1.41 bits per heavy atom. The molecule has 1 amide bonds. The van der Waals surface area contributed by atoms with Crippen molar-refractivity contribution in [2.75, 3.05) is 20.2 Å². The van der Waals surface area contributed by atoms with Gasteiger partial charge in [0, 0.05) is 18.4 Å². The van der Waals surface area contributed by atoms with Crippen molar-refractivity contribution in [3.63, 3.8) is 0 Å². The van der Waals surface area contributed by atoms with Crippen molar-refractivity contribution in [2.24, 2.45) is 0 Å². The molecular weight excluding hydrogens is 290 g/mol. The van der Waals surface area contributed by atoms with Crippen molar-refractivity contribution < 1.29 is 18.3 Å². The van der Waals surface area contributed by atoms with E-state index in [2.05, 4.69) is 10.6 Å². The van der Waals surface area contributed by atoms with Crippen LogP contribution in [0.2, 0.25) is 0 Å². The largest absolute Gasteiger partial charge is 0.497 e. The number of hydrogen-bond acceptors (Lipinski definition) is 3. The summed E-state index contributed by atoms with van der Waals surface area (Å²) < 4.78 is 31.3. The standard InChI is InChI=1S/C16H22F2N2O2/c1-15(2,11-4-6-12(22-3)7-5-11)9-20-14(21)13-8-16(17,18)10-19-13/h4-7,13,19H,8-10H2,1-3H3,(H,20,21). The molecule has 0 bridgehead atoms. The van der Waals surface area contributed by atoms with E-state index in [4.69, 9.17) is 4.74 Å². The van der Waals surface area contributed by atoms with E-state index >= 15 is 0 Å². The molecule has 0 spiro atoms. The van der Waals surface area contributed by atoms with Crippen LogP contribution in [0, 0.1) is 0 Å². The second kappa shape index (κ2) is 6.20. The Morgan fingerprint density at radius 2 is 2.05 bits per heavy atom. The first-order valence-electron chi connectivity index (χ1n) is 7.27. The molecule has 22 heavy (non-hydrogen) atoms. The zero-order valence-corrected chi connectivity index (χ0v) is 13.1. The Morgan fingerprint density at radius 3 is 2.55 bits per heavy atom. The summed E-state index contributed by atoms with van der Waals surface area (Å²) in [7, 11) is 1.60. The van der Waals surface area contributed by atoms with E-state index in [1.54, 1.807) is 7.11 Å². The lowest BCUT2D eigenvalue weighted by molar-refractivity contribution is -0.123. The van der Waals surface area contributed by atoms with Gasteiger partial charge in [-0.3, -0.25) is 10.1 Å². The van der Waals surface area contributed by atoms with Crippen molar-refractivity contribution in [3.05, 3.63) is 29.8 Å². The Kier molecular flexibility index (Phi) is 4.70. The molecule has 2 N–H and O–H groups in total. The Hall–Kier alpha value is -1.69. The monoisotopic (exact) mass is 312 g/mol. The minimum absolute atomic E-state index is 0.303. The lowest BCUT2D eigenvalue weighted by Gasteiger charge is -2.26. The van der Waals surface area contributed by atoms with Gasteiger partial charge in [-0.05, 0) is 17.7 Å². The highest BCUT2D eigenvalue weighted by atomic mass is 19.3. The Balaban J connectivity index is 1.92. The van der Waals surface area contributed by atoms with Crippen LogP contribution in [-0.4, -0.2) is 38.1 Å². The summed E-state index contributed by atoms with van der Waals surface area (Å²) in [5, 5.41) is 5.32. The topological polar surface area (TPSA) is 50.4 Å². The number of ether oxygens (including phenoxy) is 1. The number of halogens is 2. The molecule has 1 aliphatic rings. The Labute approximate surface area is 129 Å². The lowest BCUT2D eigenvalue weighted by atomic mass is 9.84. The van der Waals surface area contributed by atoms with Gasteiger partial charge >= 0.3 is 0 Å². The third-order valence-electron chi connectivity index (χ3n) is 4.00. The van der Waals surface area contributed by atoms with Crippen LogP contribution in [0.3, 0.4) is 0 Å². The second-order valence-corrected chi connectivity index (χ2v) is 6.32. The van der Waals surface area contributed by atoms with Gasteiger partial charge in [0.25, 0.3) is 5.92 Å². The molecule has 4 nitrogen and oxygen atoms in total. The van der Waals surface area contributed by atoms with Gasteiger partial charge in [0.1, 0.15) is 5.75 Å². The minimum Gasteiger partial charge on any atom is -0.497 e. The second-order valence-electron chi connectivity index (χ2n) is 6.32. The lowest BCUT2D eigenvalue weighted by Crippen LogP contribution is -2.45. The molecule has 1 saturated heterocycles. The molecule has 0 saturated carbocycles. The van der Waals surface area contributed by atoms with Gasteiger partial charge < -0.3 is 10.1 Å². The maximum absolute atomic E-state index is 13.1. The molecule has 1 aromatic carbocycles. The third-order valence-corrected chi connectivity index (χ3v) is 4.00. The molecule has 1 atom stereocenters. The van der Waals surface area contributed by atoms with E-state index in [1.807, 2.05) is 38.1 Å². The van der Waals surface area contributed by atoms with Crippen LogP contribution in [0.15, 0.2) is 24.3 Å². The highest BCUT2D eigenvalue weighted by molar-refractivity contribution is 5.82. The van der Waals surface area contributed by atoms with E-state index in [0.717, 1.165) is 11.3 Å². The summed E-state index contributed by atoms with van der Waals surface area (Å²) >= 11 is 0. The van der Waals surface area contributed by atoms with E-state index < -0.39 is 24.9 Å². The van der Waals surface area contributed by atoms with Crippen molar-refractivity contribution in [1.82, 2.24) is 10.6 Å². The number of amides is 1. The molecule has 2 rings (SSSR count). The average molecular weight is 312 g/mol. The maximum atomic E-state index is 13.1. The molecule has 6 heteroatoms. The van der Waals surface area contributed by atoms with Crippen LogP contribution < -0.4 is 15.4 Å². The van der Waals surface area contributed by atoms with Gasteiger partial charge in [-0.15, -0.1) is 0 Å². The van der Waals surface area contributed by atoms with Crippen LogP contribution in [0.25, 0.3) is 0 Å². The molecule has 1 fully saturated rings. The smallest absolute Gasteiger partial charge is 0.262 e. The SMILES string of the molecule is COc1ccc(C(C)(C)CNC(=O)C2CC(F)(F)CN2)cc1. The molecule has 1 heterocycles. The predicted molar refractivity (Wildman–Crippen MR) is 80.4 cm³/mol. The quantitative estimate of drug-likeness (QED) is 0.875. The number of hydrogen-bond donors (Lipinski definition) is 2. The molecule has 1 aromatic rings. The van der Waals surface area contributed by atoms with Crippen molar-refractivity contribution in [2.45, 2.75) is 37.6 Å². The highest BCUT2D eigenvalue weighted by Gasteiger charge is 2.42. The summed E-state index contributed by atoms with van der Waals surface area (Å²) in [6.07, 6.45) is -0.443. The van der Waals surface area contributed by atoms with Crippen LogP contribution >= 0.6 is 0 Å². The molecule has 1 unspecified atom stereocenters. The van der Waals surface area contributed by atoms with Gasteiger partial charge in [0.05, 0.1) is 19.7 Å². The summed E-state index contributed by atoms with van der Waals surface area (Å²) in [4.78, 5) is 12.0. The Bertz CT molecular complexity index is 529. The number of benzene rings is 1. The zero-order chi connectivity index (χ0) is 16.4. The van der Waals surface area contributed by atoms with Gasteiger partial charge in [-0.2, -0.15) is 0 Å². The first kappa shape index (κ1) is 16.7. The van der Waals surface area contributed by atoms with Crippen LogP contribution in [0.4, 0.5) is 8.78 Å². The first-order valence-corrected chi connectivity index (χ1v) is 7.27. The van der Waals surface area contributed by atoms with Crippen molar-refractivity contribution in [1.29, 1.82) is 0 Å². The van der Waals surface area contributed by atoms with E-state index in [9.17, 15) is 13.6 Å². The molecule has 1 aliphatic heterocycles. The van der Waals surface area contributed by atoms with Crippen LogP contribution in [-0.2, 0) is 10.2 Å². The zero-order valence-electron chi connectivity index (χ0n) is 13.1. The number of carbonyl (C=O) groups is 1. The van der Waals surface area contributed by atoms with E-state index in [-0.39, 0.29) is 11.3 Å². The molecular formula is C16H22F2N2O2. The van der Waals surface area contributed by atoms with E-state index in [0.29, 0.717) is 6.54 Å². The van der Waals surface area contributed by atoms with Gasteiger partial charge in [0.15, 0.2) is 0 Å². The fraction of sp³-hybridized carbons (Fsp3) is 0.562. The van der Waals surface area contributed by atoms with Crippen molar-refractivity contribution in [3.8, 4) is 5.75 Å². The summed E-state index contributed by atoms with van der Waals surface area (Å²) in [6.45, 7) is 3.92. The fourth-order valence-corrected chi connectivity index (χ4v) is 2.48. The molecule has 0 aliphatic carbocycles. The number of carbonyl (C=O) groups excluding carboxylic acids is 1. The number of alkyl halides is 2. The van der Waals surface area contributed by atoms with Gasteiger partial charge in [-0.1, -0.05) is 26.0 Å². The van der Waals surface area contributed by atoms with Crippen LogP contribution in [0.5, 0.6) is 5.75 Å². The number of rotatable bonds is 5.